The Balaban J connectivity index is 1.41. The first-order valence-electron chi connectivity index (χ1n) is 11.1. The average Bonchev–Trinajstić information content (AvgIpc) is 3.15. The van der Waals surface area contributed by atoms with Crippen LogP contribution in [0.5, 0.6) is 0 Å². The zero-order valence-electron chi connectivity index (χ0n) is 17.9. The maximum atomic E-state index is 13.1. The van der Waals surface area contributed by atoms with E-state index in [0.717, 1.165) is 29.8 Å². The molecule has 0 radical (unpaired) electrons. The lowest BCUT2D eigenvalue weighted by molar-refractivity contribution is -0.142. The van der Waals surface area contributed by atoms with E-state index >= 15 is 0 Å². The van der Waals surface area contributed by atoms with Gasteiger partial charge in [0.05, 0.1) is 10.7 Å². The number of thiazole rings is 1. The molecule has 4 rings (SSSR count). The van der Waals surface area contributed by atoms with Crippen LogP contribution in [0, 0.1) is 5.92 Å². The van der Waals surface area contributed by atoms with E-state index in [1.165, 1.54) is 29.0 Å². The molecule has 2 aromatic rings. The molecule has 0 bridgehead atoms. The topological polar surface area (TPSA) is 62.3 Å². The predicted molar refractivity (Wildman–Crippen MR) is 119 cm³/mol. The monoisotopic (exact) mass is 425 g/mol. The molecule has 0 saturated carbocycles. The Kier molecular flexibility index (Phi) is 6.52. The second-order valence-electron chi connectivity index (χ2n) is 8.83. The summed E-state index contributed by atoms with van der Waals surface area (Å²) in [6.07, 6.45) is 6.53. The maximum absolute atomic E-state index is 13.1. The van der Waals surface area contributed by atoms with Crippen LogP contribution in [-0.2, 0) is 41.8 Å². The molecule has 1 aliphatic carbocycles. The van der Waals surface area contributed by atoms with E-state index in [0.29, 0.717) is 25.9 Å². The Bertz CT molecular complexity index is 897. The van der Waals surface area contributed by atoms with Crippen LogP contribution < -0.4 is 5.32 Å². The fourth-order valence-electron chi connectivity index (χ4n) is 4.41. The van der Waals surface area contributed by atoms with Gasteiger partial charge in [-0.3, -0.25) is 9.59 Å². The summed E-state index contributed by atoms with van der Waals surface area (Å²) in [5.74, 6) is 0.282. The van der Waals surface area contributed by atoms with Crippen LogP contribution in [0.2, 0.25) is 0 Å². The number of amides is 2. The molecule has 2 amide bonds. The lowest BCUT2D eigenvalue weighted by atomic mass is 9.92. The third-order valence-electron chi connectivity index (χ3n) is 5.98. The van der Waals surface area contributed by atoms with Crippen molar-refractivity contribution in [3.63, 3.8) is 0 Å². The molecule has 6 heteroatoms. The number of nitrogens with one attached hydrogen (secondary N) is 1. The van der Waals surface area contributed by atoms with Gasteiger partial charge in [0.1, 0.15) is 6.04 Å². The number of fused-ring (bicyclic) bond motifs is 2. The van der Waals surface area contributed by atoms with Crippen molar-refractivity contribution in [3.8, 4) is 0 Å². The van der Waals surface area contributed by atoms with Gasteiger partial charge in [-0.05, 0) is 42.7 Å². The van der Waals surface area contributed by atoms with Crippen LogP contribution in [0.15, 0.2) is 24.3 Å². The van der Waals surface area contributed by atoms with Gasteiger partial charge in [-0.25, -0.2) is 4.98 Å². The number of hydrogen-bond donors (Lipinski definition) is 1. The van der Waals surface area contributed by atoms with Gasteiger partial charge in [0.15, 0.2) is 0 Å². The zero-order chi connectivity index (χ0) is 21.1. The number of rotatable bonds is 6. The van der Waals surface area contributed by atoms with Crippen LogP contribution in [0.1, 0.15) is 59.8 Å². The van der Waals surface area contributed by atoms with Crippen LogP contribution in [0.3, 0.4) is 0 Å². The first-order chi connectivity index (χ1) is 14.5. The van der Waals surface area contributed by atoms with E-state index in [4.69, 9.17) is 4.98 Å². The third kappa shape index (κ3) is 4.75. The summed E-state index contributed by atoms with van der Waals surface area (Å²) in [5, 5.41) is 4.20. The van der Waals surface area contributed by atoms with Crippen LogP contribution in [-0.4, -0.2) is 34.3 Å². The van der Waals surface area contributed by atoms with E-state index in [-0.39, 0.29) is 17.7 Å². The fraction of sp³-hybridized carbons (Fsp3) is 0.542. The Morgan fingerprint density at radius 1 is 1.20 bits per heavy atom. The van der Waals surface area contributed by atoms with Gasteiger partial charge in [-0.2, -0.15) is 0 Å². The molecule has 1 atom stereocenters. The largest absolute Gasteiger partial charge is 0.354 e. The van der Waals surface area contributed by atoms with Gasteiger partial charge in [0, 0.05) is 37.2 Å². The Morgan fingerprint density at radius 3 is 2.73 bits per heavy atom. The van der Waals surface area contributed by atoms with Crippen molar-refractivity contribution < 1.29 is 9.59 Å². The standard InChI is InChI=1S/C24H31N3O2S/c1-16(2)13-23(28)27-15-18-8-4-3-7-17(18)14-20(27)24(29)25-12-11-22-26-19-9-5-6-10-21(19)30-22/h3-4,7-8,16,20H,5-6,9-15H2,1-2H3,(H,25,29). The highest BCUT2D eigenvalue weighted by Crippen LogP contribution is 2.27. The number of aromatic nitrogens is 1. The molecule has 5 nitrogen and oxygen atoms in total. The molecule has 30 heavy (non-hydrogen) atoms. The van der Waals surface area contributed by atoms with Crippen molar-refractivity contribution in [2.24, 2.45) is 5.92 Å². The minimum atomic E-state index is -0.435. The molecule has 1 unspecified atom stereocenters. The van der Waals surface area contributed by atoms with Gasteiger partial charge >= 0.3 is 0 Å². The van der Waals surface area contributed by atoms with Crippen LogP contribution in [0.4, 0.5) is 0 Å². The van der Waals surface area contributed by atoms with Crippen molar-refractivity contribution in [1.82, 2.24) is 15.2 Å². The van der Waals surface area contributed by atoms with E-state index in [9.17, 15) is 9.59 Å². The first kappa shape index (κ1) is 21.0. The number of nitrogens with zero attached hydrogens (tertiary/aromatic N) is 2. The molecule has 2 heterocycles. The number of carbonyl (C=O) groups is 2. The van der Waals surface area contributed by atoms with E-state index in [2.05, 4.69) is 17.4 Å². The summed E-state index contributed by atoms with van der Waals surface area (Å²) in [7, 11) is 0. The highest BCUT2D eigenvalue weighted by atomic mass is 32.1. The molecule has 1 aromatic heterocycles. The molecule has 1 aliphatic heterocycles. The number of benzene rings is 1. The summed E-state index contributed by atoms with van der Waals surface area (Å²) < 4.78 is 0. The van der Waals surface area contributed by atoms with Gasteiger partial charge in [0.25, 0.3) is 0 Å². The quantitative estimate of drug-likeness (QED) is 0.768. The molecule has 1 aromatic carbocycles. The van der Waals surface area contributed by atoms with Gasteiger partial charge in [-0.15, -0.1) is 11.3 Å². The second-order valence-corrected chi connectivity index (χ2v) is 10.0. The summed E-state index contributed by atoms with van der Waals surface area (Å²) in [6, 6.07) is 7.70. The van der Waals surface area contributed by atoms with Crippen molar-refractivity contribution in [3.05, 3.63) is 51.0 Å². The van der Waals surface area contributed by atoms with E-state index in [1.54, 1.807) is 16.2 Å². The van der Waals surface area contributed by atoms with Gasteiger partial charge in [0.2, 0.25) is 11.8 Å². The van der Waals surface area contributed by atoms with Gasteiger partial charge < -0.3 is 10.2 Å². The molecular weight excluding hydrogens is 394 g/mol. The Hall–Kier alpha value is -2.21. The minimum Gasteiger partial charge on any atom is -0.354 e. The molecular formula is C24H31N3O2S. The third-order valence-corrected chi connectivity index (χ3v) is 7.20. The molecule has 0 spiro atoms. The van der Waals surface area contributed by atoms with Crippen LogP contribution >= 0.6 is 11.3 Å². The highest BCUT2D eigenvalue weighted by molar-refractivity contribution is 7.11. The SMILES string of the molecule is CC(C)CC(=O)N1Cc2ccccc2CC1C(=O)NCCc1nc2c(s1)CCCC2. The summed E-state index contributed by atoms with van der Waals surface area (Å²) in [4.78, 5) is 33.9. The maximum Gasteiger partial charge on any atom is 0.243 e. The van der Waals surface area contributed by atoms with E-state index in [1.807, 2.05) is 26.0 Å². The molecule has 2 aliphatic rings. The number of carbonyl (C=O) groups excluding carboxylic acids is 2. The zero-order valence-corrected chi connectivity index (χ0v) is 18.8. The van der Waals surface area contributed by atoms with Crippen molar-refractivity contribution in [1.29, 1.82) is 0 Å². The number of hydrogen-bond acceptors (Lipinski definition) is 4. The lowest BCUT2D eigenvalue weighted by Crippen LogP contribution is -2.53. The Labute approximate surface area is 182 Å². The van der Waals surface area contributed by atoms with Crippen molar-refractivity contribution in [2.75, 3.05) is 6.54 Å². The second kappa shape index (κ2) is 9.29. The fourth-order valence-corrected chi connectivity index (χ4v) is 5.56. The van der Waals surface area contributed by atoms with Crippen LogP contribution in [0.25, 0.3) is 0 Å². The first-order valence-corrected chi connectivity index (χ1v) is 11.9. The van der Waals surface area contributed by atoms with E-state index < -0.39 is 6.04 Å². The summed E-state index contributed by atoms with van der Waals surface area (Å²) in [6.45, 7) is 5.16. The average molecular weight is 426 g/mol. The minimum absolute atomic E-state index is 0.0528. The molecule has 160 valence electrons. The van der Waals surface area contributed by atoms with Gasteiger partial charge in [-0.1, -0.05) is 38.1 Å². The normalized spacial score (nSPS) is 18.1. The highest BCUT2D eigenvalue weighted by Gasteiger charge is 2.34. The number of aryl methyl sites for hydroxylation is 2. The predicted octanol–water partition coefficient (Wildman–Crippen LogP) is 3.68. The smallest absolute Gasteiger partial charge is 0.243 e. The molecule has 0 fully saturated rings. The summed E-state index contributed by atoms with van der Waals surface area (Å²) in [5.41, 5.74) is 3.58. The lowest BCUT2D eigenvalue weighted by Gasteiger charge is -2.36. The summed E-state index contributed by atoms with van der Waals surface area (Å²) >= 11 is 1.80. The molecule has 1 N–H and O–H groups in total. The Morgan fingerprint density at radius 2 is 1.97 bits per heavy atom. The van der Waals surface area contributed by atoms with Crippen molar-refractivity contribution in [2.45, 2.75) is 71.4 Å². The molecule has 0 saturated heterocycles. The van der Waals surface area contributed by atoms with Crippen molar-refractivity contribution >= 4 is 23.2 Å².